The van der Waals surface area contributed by atoms with Gasteiger partial charge in [-0.05, 0) is 61.2 Å². The Hall–Kier alpha value is -3.06. The van der Waals surface area contributed by atoms with Crippen molar-refractivity contribution < 1.29 is 14.3 Å². The third kappa shape index (κ3) is 4.88. The summed E-state index contributed by atoms with van der Waals surface area (Å²) in [7, 11) is 3.23. The van der Waals surface area contributed by atoms with Crippen LogP contribution in [0.4, 0.5) is 5.69 Å². The molecule has 0 saturated carbocycles. The zero-order chi connectivity index (χ0) is 22.5. The van der Waals surface area contributed by atoms with Crippen molar-refractivity contribution in [3.8, 4) is 22.9 Å². The summed E-state index contributed by atoms with van der Waals surface area (Å²) < 4.78 is 12.8. The lowest BCUT2D eigenvalue weighted by molar-refractivity contribution is -0.116. The van der Waals surface area contributed by atoms with Gasteiger partial charge in [-0.25, -0.2) is 0 Å². The van der Waals surface area contributed by atoms with E-state index in [2.05, 4.69) is 20.1 Å². The van der Waals surface area contributed by atoms with Crippen LogP contribution in [0, 0.1) is 0 Å². The van der Waals surface area contributed by atoms with Gasteiger partial charge in [0.25, 0.3) is 0 Å². The molecule has 1 aliphatic rings. The molecule has 1 N–H and O–H groups in total. The molecule has 4 rings (SSSR count). The Morgan fingerprint density at radius 3 is 2.78 bits per heavy atom. The monoisotopic (exact) mass is 454 g/mol. The number of amides is 1. The Kier molecular flexibility index (Phi) is 6.95. The zero-order valence-electron chi connectivity index (χ0n) is 18.4. The highest BCUT2D eigenvalue weighted by Crippen LogP contribution is 2.31. The molecule has 0 atom stereocenters. The van der Waals surface area contributed by atoms with Crippen LogP contribution in [0.15, 0.2) is 36.4 Å². The SMILES string of the molecule is COc1ccc(OC)c(CCC(=O)Nc2ccc(Cl)c(-c3nnc4n3CCCCC4)c2)c1. The van der Waals surface area contributed by atoms with Crippen LogP contribution in [0.3, 0.4) is 0 Å². The molecule has 2 aromatic carbocycles. The number of nitrogens with one attached hydrogen (secondary N) is 1. The second kappa shape index (κ2) is 10.0. The lowest BCUT2D eigenvalue weighted by Crippen LogP contribution is -2.13. The molecule has 8 heteroatoms. The largest absolute Gasteiger partial charge is 0.497 e. The van der Waals surface area contributed by atoms with Gasteiger partial charge in [0.1, 0.15) is 17.3 Å². The van der Waals surface area contributed by atoms with E-state index >= 15 is 0 Å². The molecule has 1 aromatic heterocycles. The van der Waals surface area contributed by atoms with Gasteiger partial charge in [0.2, 0.25) is 5.91 Å². The number of rotatable bonds is 7. The minimum atomic E-state index is -0.0942. The predicted octanol–water partition coefficient (Wildman–Crippen LogP) is 4.91. The molecule has 0 unspecified atom stereocenters. The maximum absolute atomic E-state index is 12.7. The average molecular weight is 455 g/mol. The van der Waals surface area contributed by atoms with Gasteiger partial charge in [0.05, 0.1) is 19.2 Å². The molecule has 0 radical (unpaired) electrons. The Bertz CT molecular complexity index is 1110. The van der Waals surface area contributed by atoms with Gasteiger partial charge in [-0.1, -0.05) is 18.0 Å². The fourth-order valence-electron chi connectivity index (χ4n) is 4.01. The van der Waals surface area contributed by atoms with E-state index in [4.69, 9.17) is 21.1 Å². The molecule has 3 aromatic rings. The van der Waals surface area contributed by atoms with Crippen molar-refractivity contribution in [2.24, 2.45) is 0 Å². The van der Waals surface area contributed by atoms with E-state index in [0.717, 1.165) is 60.1 Å². The van der Waals surface area contributed by atoms with Crippen LogP contribution in [-0.2, 0) is 24.2 Å². The fourth-order valence-corrected chi connectivity index (χ4v) is 4.21. The number of fused-ring (bicyclic) bond motifs is 1. The van der Waals surface area contributed by atoms with E-state index in [1.54, 1.807) is 26.4 Å². The van der Waals surface area contributed by atoms with E-state index < -0.39 is 0 Å². The van der Waals surface area contributed by atoms with Crippen LogP contribution < -0.4 is 14.8 Å². The highest BCUT2D eigenvalue weighted by molar-refractivity contribution is 6.33. The summed E-state index contributed by atoms with van der Waals surface area (Å²) in [5, 5.41) is 12.3. The first-order valence-corrected chi connectivity index (χ1v) is 11.2. The molecular weight excluding hydrogens is 428 g/mol. The Labute approximate surface area is 192 Å². The first-order valence-electron chi connectivity index (χ1n) is 10.8. The zero-order valence-corrected chi connectivity index (χ0v) is 19.1. The minimum Gasteiger partial charge on any atom is -0.497 e. The second-order valence-corrected chi connectivity index (χ2v) is 8.23. The van der Waals surface area contributed by atoms with Crippen LogP contribution in [0.5, 0.6) is 11.5 Å². The number of methoxy groups -OCH3 is 2. The summed E-state index contributed by atoms with van der Waals surface area (Å²) in [4.78, 5) is 12.7. The van der Waals surface area contributed by atoms with Gasteiger partial charge in [-0.3, -0.25) is 4.79 Å². The first-order chi connectivity index (χ1) is 15.6. The number of benzene rings is 2. The third-order valence-corrected chi connectivity index (χ3v) is 6.04. The number of aromatic nitrogens is 3. The van der Waals surface area contributed by atoms with Crippen LogP contribution in [0.25, 0.3) is 11.4 Å². The highest BCUT2D eigenvalue weighted by atomic mass is 35.5. The predicted molar refractivity (Wildman–Crippen MR) is 125 cm³/mol. The molecule has 0 fully saturated rings. The molecular formula is C24H27ClN4O3. The molecule has 0 aliphatic carbocycles. The average Bonchev–Trinajstić information content (AvgIpc) is 3.06. The quantitative estimate of drug-likeness (QED) is 0.548. The van der Waals surface area contributed by atoms with E-state index in [1.165, 1.54) is 6.42 Å². The number of hydrogen-bond acceptors (Lipinski definition) is 5. The van der Waals surface area contributed by atoms with E-state index in [1.807, 2.05) is 24.3 Å². The van der Waals surface area contributed by atoms with Gasteiger partial charge < -0.3 is 19.4 Å². The third-order valence-electron chi connectivity index (χ3n) is 5.71. The molecule has 0 spiro atoms. The Morgan fingerprint density at radius 1 is 1.09 bits per heavy atom. The molecule has 32 heavy (non-hydrogen) atoms. The van der Waals surface area contributed by atoms with Crippen molar-refractivity contribution in [3.63, 3.8) is 0 Å². The number of ether oxygens (including phenoxy) is 2. The summed E-state index contributed by atoms with van der Waals surface area (Å²) in [6, 6.07) is 11.0. The van der Waals surface area contributed by atoms with Crippen LogP contribution in [0.2, 0.25) is 5.02 Å². The standard InChI is InChI=1S/C24H27ClN4O3/c1-31-18-9-11-21(32-2)16(14-18)7-12-23(30)26-17-8-10-20(25)19(15-17)24-28-27-22-6-4-3-5-13-29(22)24/h8-11,14-15H,3-7,12-13H2,1-2H3,(H,26,30). The van der Waals surface area contributed by atoms with E-state index in [-0.39, 0.29) is 5.91 Å². The second-order valence-electron chi connectivity index (χ2n) is 7.82. The number of nitrogens with zero attached hydrogens (tertiary/aromatic N) is 3. The number of carbonyl (C=O) groups excluding carboxylic acids is 1. The highest BCUT2D eigenvalue weighted by Gasteiger charge is 2.19. The molecule has 2 heterocycles. The van der Waals surface area contributed by atoms with Crippen LogP contribution >= 0.6 is 11.6 Å². The van der Waals surface area contributed by atoms with Gasteiger partial charge in [0.15, 0.2) is 5.82 Å². The Balaban J connectivity index is 1.48. The van der Waals surface area contributed by atoms with Crippen LogP contribution in [0.1, 0.15) is 37.1 Å². The number of anilines is 1. The molecule has 0 saturated heterocycles. The van der Waals surface area contributed by atoms with E-state index in [0.29, 0.717) is 23.6 Å². The smallest absolute Gasteiger partial charge is 0.224 e. The van der Waals surface area contributed by atoms with Crippen molar-refractivity contribution in [1.82, 2.24) is 14.8 Å². The normalized spacial score (nSPS) is 13.2. The molecule has 7 nitrogen and oxygen atoms in total. The van der Waals surface area contributed by atoms with Crippen molar-refractivity contribution in [2.45, 2.75) is 45.1 Å². The van der Waals surface area contributed by atoms with Crippen molar-refractivity contribution in [3.05, 3.63) is 52.8 Å². The fraction of sp³-hybridized carbons (Fsp3) is 0.375. The lowest BCUT2D eigenvalue weighted by atomic mass is 10.1. The van der Waals surface area contributed by atoms with Crippen molar-refractivity contribution in [1.29, 1.82) is 0 Å². The van der Waals surface area contributed by atoms with Gasteiger partial charge >= 0.3 is 0 Å². The maximum atomic E-state index is 12.7. The number of aryl methyl sites for hydroxylation is 2. The molecule has 0 bridgehead atoms. The molecule has 168 valence electrons. The maximum Gasteiger partial charge on any atom is 0.224 e. The summed E-state index contributed by atoms with van der Waals surface area (Å²) >= 11 is 6.49. The topological polar surface area (TPSA) is 78.3 Å². The summed E-state index contributed by atoms with van der Waals surface area (Å²) in [6.07, 6.45) is 5.17. The van der Waals surface area contributed by atoms with Gasteiger partial charge in [-0.2, -0.15) is 0 Å². The number of carbonyl (C=O) groups is 1. The summed E-state index contributed by atoms with van der Waals surface area (Å²) in [6.45, 7) is 0.882. The molecule has 1 aliphatic heterocycles. The summed E-state index contributed by atoms with van der Waals surface area (Å²) in [5.74, 6) is 3.12. The van der Waals surface area contributed by atoms with E-state index in [9.17, 15) is 4.79 Å². The first kappa shape index (κ1) is 22.1. The van der Waals surface area contributed by atoms with Gasteiger partial charge in [-0.15, -0.1) is 10.2 Å². The van der Waals surface area contributed by atoms with Crippen molar-refractivity contribution >= 4 is 23.2 Å². The number of halogens is 1. The molecule has 1 amide bonds. The Morgan fingerprint density at radius 2 is 1.97 bits per heavy atom. The summed E-state index contributed by atoms with van der Waals surface area (Å²) in [5.41, 5.74) is 2.38. The minimum absolute atomic E-state index is 0.0942. The van der Waals surface area contributed by atoms with Gasteiger partial charge in [0, 0.05) is 30.6 Å². The van der Waals surface area contributed by atoms with Crippen LogP contribution in [-0.4, -0.2) is 34.9 Å². The number of hydrogen-bond donors (Lipinski definition) is 1. The van der Waals surface area contributed by atoms with Crippen molar-refractivity contribution in [2.75, 3.05) is 19.5 Å². The lowest BCUT2D eigenvalue weighted by Gasteiger charge is -2.12.